The second-order valence-corrected chi connectivity index (χ2v) is 5.97. The Morgan fingerprint density at radius 1 is 1.35 bits per heavy atom. The maximum Gasteiger partial charge on any atom is 0.236 e. The SMILES string of the molecule is CC(c1ccc(F)c(F)c1)N(C)C(=O)CN1CCC(N)CC1.Cl. The third-order valence-electron chi connectivity index (χ3n) is 4.39. The third-order valence-corrected chi connectivity index (χ3v) is 4.39. The zero-order valence-electron chi connectivity index (χ0n) is 13.5. The van der Waals surface area contributed by atoms with Crippen LogP contribution in [0.1, 0.15) is 31.4 Å². The summed E-state index contributed by atoms with van der Waals surface area (Å²) in [5.74, 6) is -1.81. The molecule has 0 bridgehead atoms. The van der Waals surface area contributed by atoms with E-state index in [1.54, 1.807) is 18.9 Å². The predicted molar refractivity (Wildman–Crippen MR) is 88.4 cm³/mol. The van der Waals surface area contributed by atoms with Crippen molar-refractivity contribution < 1.29 is 13.6 Å². The normalized spacial score (nSPS) is 17.4. The zero-order valence-corrected chi connectivity index (χ0v) is 14.3. The maximum atomic E-state index is 13.3. The van der Waals surface area contributed by atoms with Crippen LogP contribution in [0.2, 0.25) is 0 Å². The molecule has 4 nitrogen and oxygen atoms in total. The van der Waals surface area contributed by atoms with Crippen LogP contribution in [0.3, 0.4) is 0 Å². The summed E-state index contributed by atoms with van der Waals surface area (Å²) in [5, 5.41) is 0. The van der Waals surface area contributed by atoms with Crippen molar-refractivity contribution in [3.8, 4) is 0 Å². The zero-order chi connectivity index (χ0) is 16.3. The van der Waals surface area contributed by atoms with Gasteiger partial charge in [0, 0.05) is 26.2 Å². The van der Waals surface area contributed by atoms with Gasteiger partial charge in [0.2, 0.25) is 5.91 Å². The number of nitrogens with zero attached hydrogens (tertiary/aromatic N) is 2. The Labute approximate surface area is 142 Å². The van der Waals surface area contributed by atoms with Crippen LogP contribution in [0.25, 0.3) is 0 Å². The number of hydrogen-bond acceptors (Lipinski definition) is 3. The summed E-state index contributed by atoms with van der Waals surface area (Å²) in [6, 6.07) is 3.65. The molecule has 1 fully saturated rings. The van der Waals surface area contributed by atoms with Crippen LogP contribution in [0.15, 0.2) is 18.2 Å². The fourth-order valence-corrected chi connectivity index (χ4v) is 2.63. The minimum Gasteiger partial charge on any atom is -0.338 e. The van der Waals surface area contributed by atoms with Gasteiger partial charge in [0.1, 0.15) is 0 Å². The Morgan fingerprint density at radius 2 is 1.96 bits per heavy atom. The standard InChI is InChI=1S/C16H23F2N3O.ClH/c1-11(12-3-4-14(17)15(18)9-12)20(2)16(22)10-21-7-5-13(19)6-8-21;/h3-4,9,11,13H,5-8,10,19H2,1-2H3;1H. The minimum atomic E-state index is -0.893. The number of piperidine rings is 1. The third kappa shape index (κ3) is 5.12. The molecule has 1 amide bonds. The molecule has 1 heterocycles. The lowest BCUT2D eigenvalue weighted by Gasteiger charge is -2.32. The Hall–Kier alpha value is -1.24. The van der Waals surface area contributed by atoms with Crippen molar-refractivity contribution in [1.82, 2.24) is 9.80 Å². The average Bonchev–Trinajstić information content (AvgIpc) is 2.50. The Balaban J connectivity index is 0.00000264. The van der Waals surface area contributed by atoms with Crippen LogP contribution in [0.4, 0.5) is 8.78 Å². The molecular weight excluding hydrogens is 324 g/mol. The van der Waals surface area contributed by atoms with Crippen molar-refractivity contribution >= 4 is 18.3 Å². The van der Waals surface area contributed by atoms with Crippen LogP contribution in [0.5, 0.6) is 0 Å². The molecule has 2 N–H and O–H groups in total. The fourth-order valence-electron chi connectivity index (χ4n) is 2.63. The van der Waals surface area contributed by atoms with E-state index in [-0.39, 0.29) is 30.4 Å². The Bertz CT molecular complexity index is 536. The summed E-state index contributed by atoms with van der Waals surface area (Å²) in [4.78, 5) is 16.0. The van der Waals surface area contributed by atoms with Gasteiger partial charge in [-0.2, -0.15) is 0 Å². The molecule has 7 heteroatoms. The van der Waals surface area contributed by atoms with E-state index in [2.05, 4.69) is 4.90 Å². The van der Waals surface area contributed by atoms with Crippen LogP contribution < -0.4 is 5.73 Å². The second kappa shape index (κ2) is 8.57. The van der Waals surface area contributed by atoms with E-state index in [9.17, 15) is 13.6 Å². The number of amides is 1. The van der Waals surface area contributed by atoms with Gasteiger partial charge < -0.3 is 10.6 Å². The molecule has 130 valence electrons. The van der Waals surface area contributed by atoms with Gasteiger partial charge in [-0.3, -0.25) is 9.69 Å². The first-order valence-corrected chi connectivity index (χ1v) is 7.57. The first-order valence-electron chi connectivity index (χ1n) is 7.57. The van der Waals surface area contributed by atoms with E-state index in [0.29, 0.717) is 12.1 Å². The summed E-state index contributed by atoms with van der Waals surface area (Å²) in [7, 11) is 1.68. The largest absolute Gasteiger partial charge is 0.338 e. The summed E-state index contributed by atoms with van der Waals surface area (Å²) in [6.07, 6.45) is 1.80. The molecule has 1 aromatic carbocycles. The van der Waals surface area contributed by atoms with Crippen LogP contribution in [0, 0.1) is 11.6 Å². The van der Waals surface area contributed by atoms with Gasteiger partial charge in [-0.25, -0.2) is 8.78 Å². The van der Waals surface area contributed by atoms with Crippen molar-refractivity contribution in [2.45, 2.75) is 31.8 Å². The number of carbonyl (C=O) groups is 1. The smallest absolute Gasteiger partial charge is 0.236 e. The highest BCUT2D eigenvalue weighted by molar-refractivity contribution is 5.85. The average molecular weight is 348 g/mol. The van der Waals surface area contributed by atoms with E-state index >= 15 is 0 Å². The molecule has 0 saturated carbocycles. The summed E-state index contributed by atoms with van der Waals surface area (Å²) < 4.78 is 26.3. The van der Waals surface area contributed by atoms with Crippen LogP contribution in [-0.2, 0) is 4.79 Å². The maximum absolute atomic E-state index is 13.3. The van der Waals surface area contributed by atoms with Crippen LogP contribution in [-0.4, -0.2) is 48.4 Å². The predicted octanol–water partition coefficient (Wildman–Crippen LogP) is 2.33. The molecule has 0 aliphatic carbocycles. The van der Waals surface area contributed by atoms with Crippen molar-refractivity contribution in [3.63, 3.8) is 0 Å². The molecule has 0 spiro atoms. The molecule has 0 radical (unpaired) electrons. The summed E-state index contributed by atoms with van der Waals surface area (Å²) in [5.41, 5.74) is 6.43. The van der Waals surface area contributed by atoms with E-state index < -0.39 is 11.6 Å². The van der Waals surface area contributed by atoms with Crippen molar-refractivity contribution in [2.75, 3.05) is 26.7 Å². The van der Waals surface area contributed by atoms with Crippen molar-refractivity contribution in [3.05, 3.63) is 35.4 Å². The summed E-state index contributed by atoms with van der Waals surface area (Å²) in [6.45, 7) is 3.77. The van der Waals surface area contributed by atoms with Gasteiger partial charge in [0.15, 0.2) is 11.6 Å². The first-order chi connectivity index (χ1) is 10.4. The molecule has 2 rings (SSSR count). The van der Waals surface area contributed by atoms with E-state index in [1.807, 2.05) is 0 Å². The number of likely N-dealkylation sites (N-methyl/N-ethyl adjacent to an activating group) is 1. The number of rotatable bonds is 4. The fraction of sp³-hybridized carbons (Fsp3) is 0.562. The summed E-state index contributed by atoms with van der Waals surface area (Å²) >= 11 is 0. The number of nitrogens with two attached hydrogens (primary N) is 1. The van der Waals surface area contributed by atoms with Gasteiger partial charge in [-0.1, -0.05) is 6.07 Å². The second-order valence-electron chi connectivity index (χ2n) is 5.97. The molecule has 1 aliphatic rings. The van der Waals surface area contributed by atoms with E-state index in [0.717, 1.165) is 38.1 Å². The lowest BCUT2D eigenvalue weighted by molar-refractivity contribution is -0.133. The molecule has 1 aromatic rings. The van der Waals surface area contributed by atoms with Gasteiger partial charge in [-0.05, 0) is 37.5 Å². The van der Waals surface area contributed by atoms with Crippen LogP contribution >= 0.6 is 12.4 Å². The van der Waals surface area contributed by atoms with E-state index in [4.69, 9.17) is 5.73 Å². The number of benzene rings is 1. The van der Waals surface area contributed by atoms with Gasteiger partial charge in [0.05, 0.1) is 12.6 Å². The molecule has 23 heavy (non-hydrogen) atoms. The minimum absolute atomic E-state index is 0. The Kier molecular flexibility index (Phi) is 7.38. The van der Waals surface area contributed by atoms with Gasteiger partial charge in [-0.15, -0.1) is 12.4 Å². The van der Waals surface area contributed by atoms with Gasteiger partial charge >= 0.3 is 0 Å². The lowest BCUT2D eigenvalue weighted by atomic mass is 10.1. The highest BCUT2D eigenvalue weighted by Crippen LogP contribution is 2.21. The quantitative estimate of drug-likeness (QED) is 0.909. The first kappa shape index (κ1) is 19.8. The highest BCUT2D eigenvalue weighted by atomic mass is 35.5. The lowest BCUT2D eigenvalue weighted by Crippen LogP contribution is -2.45. The molecule has 1 atom stereocenters. The van der Waals surface area contributed by atoms with E-state index in [1.165, 1.54) is 6.07 Å². The molecular formula is C16H24ClF2N3O. The molecule has 1 unspecified atom stereocenters. The number of hydrogen-bond donors (Lipinski definition) is 1. The molecule has 1 saturated heterocycles. The topological polar surface area (TPSA) is 49.6 Å². The molecule has 0 aromatic heterocycles. The van der Waals surface area contributed by atoms with Crippen molar-refractivity contribution in [1.29, 1.82) is 0 Å². The number of halogens is 3. The number of likely N-dealkylation sites (tertiary alicyclic amines) is 1. The molecule has 1 aliphatic heterocycles. The van der Waals surface area contributed by atoms with Crippen molar-refractivity contribution in [2.24, 2.45) is 5.73 Å². The monoisotopic (exact) mass is 347 g/mol. The number of carbonyl (C=O) groups excluding carboxylic acids is 1. The van der Waals surface area contributed by atoms with Gasteiger partial charge in [0.25, 0.3) is 0 Å². The highest BCUT2D eigenvalue weighted by Gasteiger charge is 2.23. The Morgan fingerprint density at radius 3 is 2.52 bits per heavy atom.